The van der Waals surface area contributed by atoms with Crippen LogP contribution in [0, 0.1) is 0 Å². The molecular formula is C33H26N2O2S2. The lowest BCUT2D eigenvalue weighted by Crippen LogP contribution is -2.17. The Morgan fingerprint density at radius 2 is 1.46 bits per heavy atom. The number of amides is 1. The van der Waals surface area contributed by atoms with E-state index in [1.807, 2.05) is 36.4 Å². The fourth-order valence-electron chi connectivity index (χ4n) is 4.73. The van der Waals surface area contributed by atoms with Crippen molar-refractivity contribution in [2.45, 2.75) is 19.6 Å². The molecule has 1 N–H and O–H groups in total. The molecule has 1 amide bonds. The van der Waals surface area contributed by atoms with Gasteiger partial charge in [0.1, 0.15) is 16.7 Å². The van der Waals surface area contributed by atoms with Crippen molar-refractivity contribution < 1.29 is 9.53 Å². The number of aromatic nitrogens is 1. The molecule has 192 valence electrons. The zero-order valence-corrected chi connectivity index (χ0v) is 22.8. The average molecular weight is 547 g/mol. The Kier molecular flexibility index (Phi) is 7.30. The SMILES string of the molecule is O=C1NC(=S)S/C1=C\c1cc2cc(OCc3ccccc3)ccc2n1Cc1ccc(Cc2ccccc2)cc1. The summed E-state index contributed by atoms with van der Waals surface area (Å²) in [5.41, 5.74) is 6.90. The van der Waals surface area contributed by atoms with Crippen LogP contribution < -0.4 is 10.1 Å². The van der Waals surface area contributed by atoms with Gasteiger partial charge in [-0.3, -0.25) is 4.79 Å². The standard InChI is InChI=1S/C33H26N2O2S2/c36-32-31(39-33(38)34-32)20-28-18-27-19-29(37-22-26-9-5-2-6-10-26)15-16-30(27)35(28)21-25-13-11-24(12-14-25)17-23-7-3-1-4-8-23/h1-16,18-20H,17,21-22H2,(H,34,36,38)/b31-20-. The van der Waals surface area contributed by atoms with Crippen molar-refractivity contribution in [2.75, 3.05) is 0 Å². The monoisotopic (exact) mass is 546 g/mol. The number of benzene rings is 4. The van der Waals surface area contributed by atoms with Gasteiger partial charge in [-0.05, 0) is 59.0 Å². The van der Waals surface area contributed by atoms with E-state index in [9.17, 15) is 4.79 Å². The highest BCUT2D eigenvalue weighted by atomic mass is 32.2. The molecule has 0 atom stereocenters. The molecule has 6 heteroatoms. The van der Waals surface area contributed by atoms with Gasteiger partial charge >= 0.3 is 0 Å². The Labute approximate surface area is 237 Å². The van der Waals surface area contributed by atoms with Gasteiger partial charge in [0, 0.05) is 23.1 Å². The Morgan fingerprint density at radius 3 is 2.15 bits per heavy atom. The summed E-state index contributed by atoms with van der Waals surface area (Å²) in [6.45, 7) is 1.18. The molecule has 1 aliphatic heterocycles. The Hall–Kier alpha value is -4.13. The van der Waals surface area contributed by atoms with Crippen LogP contribution in [0.1, 0.15) is 27.9 Å². The number of ether oxygens (including phenoxy) is 1. The number of hydrogen-bond donors (Lipinski definition) is 1. The second-order valence-electron chi connectivity index (χ2n) is 9.48. The van der Waals surface area contributed by atoms with E-state index in [1.165, 1.54) is 28.5 Å². The van der Waals surface area contributed by atoms with E-state index < -0.39 is 0 Å². The molecule has 0 unspecified atom stereocenters. The summed E-state index contributed by atoms with van der Waals surface area (Å²) in [6, 6.07) is 37.7. The zero-order valence-electron chi connectivity index (χ0n) is 21.2. The van der Waals surface area contributed by atoms with Crippen molar-refractivity contribution in [3.05, 3.63) is 142 Å². The van der Waals surface area contributed by atoms with Crippen LogP contribution in [0.4, 0.5) is 0 Å². The van der Waals surface area contributed by atoms with Crippen LogP contribution in [-0.4, -0.2) is 14.8 Å². The van der Waals surface area contributed by atoms with Crippen LogP contribution in [0.2, 0.25) is 0 Å². The molecule has 6 rings (SSSR count). The number of thiocarbonyl (C=S) groups is 1. The number of nitrogens with zero attached hydrogens (tertiary/aromatic N) is 1. The molecule has 0 saturated carbocycles. The van der Waals surface area contributed by atoms with Gasteiger partial charge in [0.2, 0.25) is 0 Å². The lowest BCUT2D eigenvalue weighted by molar-refractivity contribution is -0.115. The number of hydrogen-bond acceptors (Lipinski definition) is 4. The van der Waals surface area contributed by atoms with E-state index in [4.69, 9.17) is 17.0 Å². The molecular weight excluding hydrogens is 521 g/mol. The number of carbonyl (C=O) groups is 1. The molecule has 1 saturated heterocycles. The maximum Gasteiger partial charge on any atom is 0.263 e. The van der Waals surface area contributed by atoms with Crippen LogP contribution >= 0.6 is 24.0 Å². The first-order valence-corrected chi connectivity index (χ1v) is 14.0. The molecule has 39 heavy (non-hydrogen) atoms. The minimum Gasteiger partial charge on any atom is -0.489 e. The maximum absolute atomic E-state index is 12.4. The third kappa shape index (κ3) is 5.98. The maximum atomic E-state index is 12.4. The summed E-state index contributed by atoms with van der Waals surface area (Å²) < 4.78 is 8.81. The second kappa shape index (κ2) is 11.3. The highest BCUT2D eigenvalue weighted by Crippen LogP contribution is 2.31. The number of carbonyl (C=O) groups excluding carboxylic acids is 1. The first kappa shape index (κ1) is 25.2. The second-order valence-corrected chi connectivity index (χ2v) is 11.2. The normalized spacial score (nSPS) is 14.2. The molecule has 0 bridgehead atoms. The Bertz CT molecular complexity index is 1670. The number of nitrogens with one attached hydrogen (secondary N) is 1. The minimum atomic E-state index is -0.154. The highest BCUT2D eigenvalue weighted by Gasteiger charge is 2.23. The van der Waals surface area contributed by atoms with E-state index in [2.05, 4.69) is 88.7 Å². The molecule has 4 aromatic carbocycles. The lowest BCUT2D eigenvalue weighted by atomic mass is 10.0. The number of thioether (sulfide) groups is 1. The van der Waals surface area contributed by atoms with E-state index >= 15 is 0 Å². The van der Waals surface area contributed by atoms with Crippen LogP contribution in [0.5, 0.6) is 5.75 Å². The van der Waals surface area contributed by atoms with Crippen LogP contribution in [0.25, 0.3) is 17.0 Å². The quantitative estimate of drug-likeness (QED) is 0.163. The smallest absolute Gasteiger partial charge is 0.263 e. The third-order valence-electron chi connectivity index (χ3n) is 6.69. The van der Waals surface area contributed by atoms with Gasteiger partial charge in [0.25, 0.3) is 5.91 Å². The molecule has 2 heterocycles. The van der Waals surface area contributed by atoms with Gasteiger partial charge in [-0.2, -0.15) is 0 Å². The molecule has 5 aromatic rings. The van der Waals surface area contributed by atoms with Crippen molar-refractivity contribution in [1.82, 2.24) is 9.88 Å². The molecule has 0 spiro atoms. The predicted molar refractivity (Wildman–Crippen MR) is 164 cm³/mol. The van der Waals surface area contributed by atoms with Crippen LogP contribution in [0.15, 0.2) is 114 Å². The topological polar surface area (TPSA) is 43.3 Å². The Balaban J connectivity index is 1.30. The van der Waals surface area contributed by atoms with E-state index in [-0.39, 0.29) is 5.91 Å². The van der Waals surface area contributed by atoms with Gasteiger partial charge in [-0.15, -0.1) is 0 Å². The van der Waals surface area contributed by atoms with E-state index in [0.717, 1.165) is 34.3 Å². The summed E-state index contributed by atoms with van der Waals surface area (Å²) in [6.07, 6.45) is 2.83. The van der Waals surface area contributed by atoms with Crippen LogP contribution in [-0.2, 0) is 24.4 Å². The van der Waals surface area contributed by atoms with Crippen molar-refractivity contribution >= 4 is 51.2 Å². The molecule has 1 aromatic heterocycles. The molecule has 0 radical (unpaired) electrons. The minimum absolute atomic E-state index is 0.154. The molecule has 4 nitrogen and oxygen atoms in total. The lowest BCUT2D eigenvalue weighted by Gasteiger charge is -2.11. The predicted octanol–water partition coefficient (Wildman–Crippen LogP) is 7.35. The average Bonchev–Trinajstić information content (AvgIpc) is 3.46. The van der Waals surface area contributed by atoms with Crippen LogP contribution in [0.3, 0.4) is 0 Å². The van der Waals surface area contributed by atoms with Gasteiger partial charge < -0.3 is 14.6 Å². The third-order valence-corrected chi connectivity index (χ3v) is 7.85. The number of rotatable bonds is 8. The molecule has 1 aliphatic rings. The van der Waals surface area contributed by atoms with Crippen molar-refractivity contribution in [3.8, 4) is 5.75 Å². The fraction of sp³-hybridized carbons (Fsp3) is 0.0909. The van der Waals surface area contributed by atoms with Crippen molar-refractivity contribution in [2.24, 2.45) is 0 Å². The summed E-state index contributed by atoms with van der Waals surface area (Å²) in [5.74, 6) is 0.654. The van der Waals surface area contributed by atoms with Gasteiger partial charge in [0.05, 0.1) is 4.91 Å². The van der Waals surface area contributed by atoms with E-state index in [1.54, 1.807) is 0 Å². The van der Waals surface area contributed by atoms with Gasteiger partial charge in [-0.25, -0.2) is 0 Å². The Morgan fingerprint density at radius 1 is 0.795 bits per heavy atom. The first-order valence-electron chi connectivity index (χ1n) is 12.8. The molecule has 0 aliphatic carbocycles. The summed E-state index contributed by atoms with van der Waals surface area (Å²) in [5, 5.41) is 3.77. The zero-order chi connectivity index (χ0) is 26.6. The van der Waals surface area contributed by atoms with Crippen molar-refractivity contribution in [3.63, 3.8) is 0 Å². The number of fused-ring (bicyclic) bond motifs is 1. The van der Waals surface area contributed by atoms with E-state index in [0.29, 0.717) is 22.4 Å². The largest absolute Gasteiger partial charge is 0.489 e. The molecule has 1 fully saturated rings. The highest BCUT2D eigenvalue weighted by molar-refractivity contribution is 8.26. The summed E-state index contributed by atoms with van der Waals surface area (Å²) in [4.78, 5) is 13.0. The van der Waals surface area contributed by atoms with Gasteiger partial charge in [-0.1, -0.05) is 109 Å². The fourth-order valence-corrected chi connectivity index (χ4v) is 5.76. The van der Waals surface area contributed by atoms with Gasteiger partial charge in [0.15, 0.2) is 0 Å². The summed E-state index contributed by atoms with van der Waals surface area (Å²) >= 11 is 6.50. The first-order chi connectivity index (χ1) is 19.1. The van der Waals surface area contributed by atoms with Crippen molar-refractivity contribution in [1.29, 1.82) is 0 Å². The summed E-state index contributed by atoms with van der Waals surface area (Å²) in [7, 11) is 0.